The average molecular weight is 355 g/mol. The lowest BCUT2D eigenvalue weighted by Crippen LogP contribution is -2.34. The van der Waals surface area contributed by atoms with Gasteiger partial charge < -0.3 is 14.4 Å². The van der Waals surface area contributed by atoms with Crippen LogP contribution in [-0.4, -0.2) is 37.0 Å². The number of hydrogen-bond donors (Lipinski definition) is 0. The fourth-order valence-electron chi connectivity index (χ4n) is 2.61. The first-order valence-corrected chi connectivity index (χ1v) is 8.55. The van der Waals surface area contributed by atoms with Crippen LogP contribution in [-0.2, 0) is 14.3 Å². The maximum Gasteiger partial charge on any atom is 0.344 e. The van der Waals surface area contributed by atoms with Crippen LogP contribution in [0, 0.1) is 13.8 Å². The number of ether oxygens (including phenoxy) is 2. The lowest BCUT2D eigenvalue weighted by atomic mass is 10.1. The van der Waals surface area contributed by atoms with E-state index < -0.39 is 5.97 Å². The molecule has 0 spiro atoms. The van der Waals surface area contributed by atoms with Gasteiger partial charge in [0.25, 0.3) is 5.91 Å². The largest absolute Gasteiger partial charge is 0.481 e. The van der Waals surface area contributed by atoms with Crippen LogP contribution in [0.2, 0.25) is 0 Å². The molecule has 2 aromatic rings. The molecule has 0 saturated carbocycles. The van der Waals surface area contributed by atoms with E-state index in [9.17, 15) is 9.59 Å². The van der Waals surface area contributed by atoms with Crippen molar-refractivity contribution in [3.05, 3.63) is 65.2 Å². The van der Waals surface area contributed by atoms with Gasteiger partial charge >= 0.3 is 5.97 Å². The zero-order valence-corrected chi connectivity index (χ0v) is 15.7. The van der Waals surface area contributed by atoms with Crippen molar-refractivity contribution in [1.29, 1.82) is 0 Å². The molecule has 0 heterocycles. The third-order valence-corrected chi connectivity index (χ3v) is 4.36. The number of esters is 1. The van der Waals surface area contributed by atoms with E-state index in [1.165, 1.54) is 0 Å². The highest BCUT2D eigenvalue weighted by Gasteiger charge is 2.19. The Labute approximate surface area is 154 Å². The number of para-hydroxylation sites is 1. The van der Waals surface area contributed by atoms with Crippen molar-refractivity contribution in [3.8, 4) is 5.75 Å². The minimum absolute atomic E-state index is 0.103. The molecule has 0 aliphatic rings. The molecule has 0 aromatic heterocycles. The van der Waals surface area contributed by atoms with Gasteiger partial charge in [0.05, 0.1) is 6.04 Å². The Morgan fingerprint density at radius 1 is 0.962 bits per heavy atom. The van der Waals surface area contributed by atoms with E-state index in [0.29, 0.717) is 5.75 Å². The maximum absolute atomic E-state index is 12.3. The number of carbonyl (C=O) groups excluding carboxylic acids is 2. The lowest BCUT2D eigenvalue weighted by Gasteiger charge is -2.25. The van der Waals surface area contributed by atoms with E-state index in [-0.39, 0.29) is 25.2 Å². The molecule has 0 saturated heterocycles. The number of hydrogen-bond acceptors (Lipinski definition) is 4. The van der Waals surface area contributed by atoms with Gasteiger partial charge in [0.2, 0.25) is 0 Å². The van der Waals surface area contributed by atoms with Crippen molar-refractivity contribution in [2.24, 2.45) is 0 Å². The quantitative estimate of drug-likeness (QED) is 0.714. The van der Waals surface area contributed by atoms with E-state index in [1.54, 1.807) is 11.9 Å². The van der Waals surface area contributed by atoms with Gasteiger partial charge in [-0.2, -0.15) is 0 Å². The van der Waals surface area contributed by atoms with Crippen LogP contribution in [0.4, 0.5) is 0 Å². The highest BCUT2D eigenvalue weighted by atomic mass is 16.6. The molecule has 138 valence electrons. The Morgan fingerprint density at radius 2 is 1.58 bits per heavy atom. The van der Waals surface area contributed by atoms with Gasteiger partial charge in [-0.05, 0) is 37.5 Å². The molecular formula is C21H25NO4. The third-order valence-electron chi connectivity index (χ3n) is 4.36. The topological polar surface area (TPSA) is 55.8 Å². The summed E-state index contributed by atoms with van der Waals surface area (Å²) in [6.07, 6.45) is 0. The fourth-order valence-corrected chi connectivity index (χ4v) is 2.61. The Hall–Kier alpha value is -2.82. The summed E-state index contributed by atoms with van der Waals surface area (Å²) in [6, 6.07) is 15.3. The predicted molar refractivity (Wildman–Crippen MR) is 100.0 cm³/mol. The number of carbonyl (C=O) groups is 2. The molecule has 1 atom stereocenters. The monoisotopic (exact) mass is 355 g/mol. The molecule has 2 aromatic carbocycles. The van der Waals surface area contributed by atoms with Crippen LogP contribution in [0.5, 0.6) is 5.75 Å². The minimum Gasteiger partial charge on any atom is -0.481 e. The summed E-state index contributed by atoms with van der Waals surface area (Å²) < 4.78 is 10.6. The molecule has 5 nitrogen and oxygen atoms in total. The van der Waals surface area contributed by atoms with Crippen molar-refractivity contribution in [2.45, 2.75) is 26.8 Å². The first-order valence-electron chi connectivity index (χ1n) is 8.55. The van der Waals surface area contributed by atoms with Crippen molar-refractivity contribution >= 4 is 11.9 Å². The zero-order valence-electron chi connectivity index (χ0n) is 15.7. The summed E-state index contributed by atoms with van der Waals surface area (Å²) in [5.41, 5.74) is 2.92. The number of nitrogens with zero attached hydrogens (tertiary/aromatic N) is 1. The number of amides is 1. The van der Waals surface area contributed by atoms with E-state index in [1.807, 2.05) is 69.3 Å². The SMILES string of the molecule is Cc1cccc(C)c1OCC(=O)OCC(=O)N(C)C(C)c1ccccc1. The standard InChI is InChI=1S/C21H25NO4/c1-15-9-8-10-16(2)21(15)26-14-20(24)25-13-19(23)22(4)17(3)18-11-6-5-7-12-18/h5-12,17H,13-14H2,1-4H3. The van der Waals surface area contributed by atoms with Crippen LogP contribution >= 0.6 is 0 Å². The summed E-state index contributed by atoms with van der Waals surface area (Å²) in [5.74, 6) is -0.158. The molecule has 26 heavy (non-hydrogen) atoms. The molecule has 5 heteroatoms. The third kappa shape index (κ3) is 5.09. The van der Waals surface area contributed by atoms with Crippen LogP contribution < -0.4 is 4.74 Å². The highest BCUT2D eigenvalue weighted by molar-refractivity contribution is 5.81. The normalized spacial score (nSPS) is 11.5. The van der Waals surface area contributed by atoms with Gasteiger partial charge in [-0.3, -0.25) is 4.79 Å². The number of likely N-dealkylation sites (N-methyl/N-ethyl adjacent to an activating group) is 1. The molecule has 1 amide bonds. The predicted octanol–water partition coefficient (Wildman–Crippen LogP) is 3.45. The molecule has 2 rings (SSSR count). The van der Waals surface area contributed by atoms with Gasteiger partial charge in [-0.15, -0.1) is 0 Å². The Morgan fingerprint density at radius 3 is 2.19 bits per heavy atom. The Balaban J connectivity index is 1.82. The van der Waals surface area contributed by atoms with Gasteiger partial charge in [0.15, 0.2) is 13.2 Å². The zero-order chi connectivity index (χ0) is 19.1. The van der Waals surface area contributed by atoms with Gasteiger partial charge in [0, 0.05) is 7.05 Å². The van der Waals surface area contributed by atoms with E-state index in [0.717, 1.165) is 16.7 Å². The van der Waals surface area contributed by atoms with Gasteiger partial charge in [-0.25, -0.2) is 4.79 Å². The Kier molecular flexibility index (Phi) is 6.78. The number of aryl methyl sites for hydroxylation is 2. The van der Waals surface area contributed by atoms with Crippen molar-refractivity contribution < 1.29 is 19.1 Å². The second-order valence-electron chi connectivity index (χ2n) is 6.26. The number of rotatable bonds is 7. The molecule has 1 unspecified atom stereocenters. The van der Waals surface area contributed by atoms with Crippen LogP contribution in [0.25, 0.3) is 0 Å². The van der Waals surface area contributed by atoms with Crippen LogP contribution in [0.1, 0.15) is 29.7 Å². The second-order valence-corrected chi connectivity index (χ2v) is 6.26. The van der Waals surface area contributed by atoms with E-state index in [4.69, 9.17) is 9.47 Å². The highest BCUT2D eigenvalue weighted by Crippen LogP contribution is 2.22. The van der Waals surface area contributed by atoms with Crippen LogP contribution in [0.3, 0.4) is 0 Å². The molecule has 0 radical (unpaired) electrons. The summed E-state index contributed by atoms with van der Waals surface area (Å²) in [6.45, 7) is 5.23. The summed E-state index contributed by atoms with van der Waals surface area (Å²) in [4.78, 5) is 25.7. The first-order chi connectivity index (χ1) is 12.4. The molecule has 0 aliphatic heterocycles. The van der Waals surface area contributed by atoms with Crippen LogP contribution in [0.15, 0.2) is 48.5 Å². The van der Waals surface area contributed by atoms with E-state index >= 15 is 0 Å². The molecule has 0 bridgehead atoms. The fraction of sp³-hybridized carbons (Fsp3) is 0.333. The summed E-state index contributed by atoms with van der Waals surface area (Å²) in [7, 11) is 1.70. The Bertz CT molecular complexity index is 738. The second kappa shape index (κ2) is 9.04. The minimum atomic E-state index is -0.568. The van der Waals surface area contributed by atoms with E-state index in [2.05, 4.69) is 0 Å². The average Bonchev–Trinajstić information content (AvgIpc) is 2.65. The lowest BCUT2D eigenvalue weighted by molar-refractivity contribution is -0.153. The molecular weight excluding hydrogens is 330 g/mol. The summed E-state index contributed by atoms with van der Waals surface area (Å²) in [5, 5.41) is 0. The smallest absolute Gasteiger partial charge is 0.344 e. The van der Waals surface area contributed by atoms with Gasteiger partial charge in [-0.1, -0.05) is 48.5 Å². The molecule has 0 fully saturated rings. The van der Waals surface area contributed by atoms with Crippen molar-refractivity contribution in [2.75, 3.05) is 20.3 Å². The van der Waals surface area contributed by atoms with Crippen molar-refractivity contribution in [3.63, 3.8) is 0 Å². The molecule has 0 N–H and O–H groups in total. The molecule has 0 aliphatic carbocycles. The first kappa shape index (κ1) is 19.5. The summed E-state index contributed by atoms with van der Waals surface area (Å²) >= 11 is 0. The van der Waals surface area contributed by atoms with Crippen molar-refractivity contribution in [1.82, 2.24) is 4.90 Å². The maximum atomic E-state index is 12.3. The number of benzene rings is 2. The van der Waals surface area contributed by atoms with Gasteiger partial charge in [0.1, 0.15) is 5.75 Å².